The fourth-order valence-corrected chi connectivity index (χ4v) is 0.963. The molecule has 1 aliphatic carbocycles. The fourth-order valence-electron chi connectivity index (χ4n) is 0.963. The van der Waals surface area contributed by atoms with Crippen molar-refractivity contribution in [2.45, 2.75) is 25.2 Å². The van der Waals surface area contributed by atoms with Crippen LogP contribution in [0.25, 0.3) is 0 Å². The van der Waals surface area contributed by atoms with Crippen LogP contribution in [0.5, 0.6) is 0 Å². The minimum atomic E-state index is -1.42. The molecule has 0 unspecified atom stereocenters. The van der Waals surface area contributed by atoms with Gasteiger partial charge >= 0.3 is 51.4 Å². The molecule has 1 fully saturated rings. The standard InChI is InChI=1S/C7H8N2O3.K/c1-7(2-3-7)6-8-4(5(10)11)12-9-6;/h2-3H2,1H3,(H,10,11);/q;+1/p-1. The number of hydrogen-bond acceptors (Lipinski definition) is 5. The Morgan fingerprint density at radius 1 is 1.62 bits per heavy atom. The minimum absolute atomic E-state index is 0. The molecule has 0 atom stereocenters. The summed E-state index contributed by atoms with van der Waals surface area (Å²) in [5.41, 5.74) is -0.0583. The van der Waals surface area contributed by atoms with Crippen molar-refractivity contribution in [3.63, 3.8) is 0 Å². The largest absolute Gasteiger partial charge is 1.00 e. The zero-order chi connectivity index (χ0) is 8.77. The van der Waals surface area contributed by atoms with E-state index in [1.807, 2.05) is 6.92 Å². The molecule has 0 amide bonds. The van der Waals surface area contributed by atoms with Gasteiger partial charge in [-0.05, 0) is 12.8 Å². The molecule has 1 saturated carbocycles. The van der Waals surface area contributed by atoms with Crippen LogP contribution in [-0.2, 0) is 5.41 Å². The first kappa shape index (κ1) is 11.3. The summed E-state index contributed by atoms with van der Waals surface area (Å²) in [6.45, 7) is 1.97. The predicted octanol–water partition coefficient (Wildman–Crippen LogP) is -3.51. The molecule has 0 radical (unpaired) electrons. The topological polar surface area (TPSA) is 79.0 Å². The molecule has 64 valence electrons. The zero-order valence-corrected chi connectivity index (χ0v) is 10.7. The molecule has 1 aromatic rings. The number of nitrogens with zero attached hydrogens (tertiary/aromatic N) is 2. The summed E-state index contributed by atoms with van der Waals surface area (Å²) in [5, 5.41) is 13.8. The van der Waals surface area contributed by atoms with Crippen molar-refractivity contribution in [2.75, 3.05) is 0 Å². The first-order valence-corrected chi connectivity index (χ1v) is 3.67. The molecule has 13 heavy (non-hydrogen) atoms. The Bertz CT molecular complexity index is 332. The summed E-state index contributed by atoms with van der Waals surface area (Å²) in [7, 11) is 0. The maximum absolute atomic E-state index is 10.3. The number of aromatic carboxylic acids is 1. The Morgan fingerprint density at radius 3 is 2.62 bits per heavy atom. The summed E-state index contributed by atoms with van der Waals surface area (Å²) in [6, 6.07) is 0. The number of hydrogen-bond donors (Lipinski definition) is 0. The van der Waals surface area contributed by atoms with Crippen LogP contribution < -0.4 is 56.5 Å². The van der Waals surface area contributed by atoms with E-state index in [9.17, 15) is 9.90 Å². The van der Waals surface area contributed by atoms with E-state index in [2.05, 4.69) is 14.7 Å². The molecular formula is C7H7KN2O3. The maximum atomic E-state index is 10.3. The van der Waals surface area contributed by atoms with Gasteiger partial charge in [0.2, 0.25) is 0 Å². The van der Waals surface area contributed by atoms with Gasteiger partial charge in [0.1, 0.15) is 5.97 Å². The number of carboxylic acid groups (broad SMARTS) is 1. The van der Waals surface area contributed by atoms with E-state index in [1.54, 1.807) is 0 Å². The third-order valence-electron chi connectivity index (χ3n) is 2.14. The third-order valence-corrected chi connectivity index (χ3v) is 2.14. The van der Waals surface area contributed by atoms with E-state index < -0.39 is 11.9 Å². The van der Waals surface area contributed by atoms with Crippen LogP contribution in [0, 0.1) is 0 Å². The minimum Gasteiger partial charge on any atom is -0.540 e. The van der Waals surface area contributed by atoms with Crippen LogP contribution in [0.2, 0.25) is 0 Å². The van der Waals surface area contributed by atoms with Crippen molar-refractivity contribution >= 4 is 5.97 Å². The Balaban J connectivity index is 0.000000845. The summed E-state index contributed by atoms with van der Waals surface area (Å²) in [5.74, 6) is -1.38. The van der Waals surface area contributed by atoms with Crippen LogP contribution in [0.3, 0.4) is 0 Å². The monoisotopic (exact) mass is 206 g/mol. The summed E-state index contributed by atoms with van der Waals surface area (Å²) in [4.78, 5) is 14.0. The maximum Gasteiger partial charge on any atom is 1.00 e. The molecule has 0 N–H and O–H groups in total. The van der Waals surface area contributed by atoms with Crippen LogP contribution in [0.15, 0.2) is 4.52 Å². The molecule has 5 nitrogen and oxygen atoms in total. The summed E-state index contributed by atoms with van der Waals surface area (Å²) in [6.07, 6.45) is 1.97. The van der Waals surface area contributed by atoms with Crippen molar-refractivity contribution in [1.82, 2.24) is 10.1 Å². The number of rotatable bonds is 2. The van der Waals surface area contributed by atoms with Gasteiger partial charge in [0.25, 0.3) is 5.89 Å². The first-order chi connectivity index (χ1) is 5.62. The molecule has 6 heteroatoms. The Morgan fingerprint density at radius 2 is 2.23 bits per heavy atom. The molecule has 0 aliphatic heterocycles. The van der Waals surface area contributed by atoms with E-state index in [1.165, 1.54) is 0 Å². The van der Waals surface area contributed by atoms with Crippen LogP contribution in [0.4, 0.5) is 0 Å². The van der Waals surface area contributed by atoms with Crippen molar-refractivity contribution in [1.29, 1.82) is 0 Å². The third kappa shape index (κ3) is 2.19. The second-order valence-corrected chi connectivity index (χ2v) is 3.27. The van der Waals surface area contributed by atoms with E-state index in [-0.39, 0.29) is 56.8 Å². The smallest absolute Gasteiger partial charge is 0.540 e. The van der Waals surface area contributed by atoms with Gasteiger partial charge in [0.05, 0.1) is 0 Å². The average molecular weight is 206 g/mol. The quantitative estimate of drug-likeness (QED) is 0.469. The summed E-state index contributed by atoms with van der Waals surface area (Å²) < 4.78 is 4.47. The predicted molar refractivity (Wildman–Crippen MR) is 35.2 cm³/mol. The van der Waals surface area contributed by atoms with E-state index in [0.29, 0.717) is 5.82 Å². The molecule has 0 bridgehead atoms. The molecule has 0 spiro atoms. The van der Waals surface area contributed by atoms with Crippen molar-refractivity contribution in [2.24, 2.45) is 0 Å². The normalized spacial score (nSPS) is 17.6. The van der Waals surface area contributed by atoms with Crippen LogP contribution in [0.1, 0.15) is 36.3 Å². The second kappa shape index (κ2) is 3.78. The van der Waals surface area contributed by atoms with Crippen LogP contribution in [-0.4, -0.2) is 16.1 Å². The number of carbonyl (C=O) groups excluding carboxylic acids is 1. The first-order valence-electron chi connectivity index (χ1n) is 3.67. The summed E-state index contributed by atoms with van der Waals surface area (Å²) >= 11 is 0. The van der Waals surface area contributed by atoms with Gasteiger partial charge in [-0.15, -0.1) is 0 Å². The second-order valence-electron chi connectivity index (χ2n) is 3.27. The molecule has 1 aromatic heterocycles. The number of carboxylic acids is 1. The van der Waals surface area contributed by atoms with Gasteiger partial charge in [-0.2, -0.15) is 4.98 Å². The molecular weight excluding hydrogens is 199 g/mol. The zero-order valence-electron chi connectivity index (χ0n) is 7.53. The van der Waals surface area contributed by atoms with E-state index in [0.717, 1.165) is 12.8 Å². The molecule has 2 rings (SSSR count). The Kier molecular flexibility index (Phi) is 3.29. The molecule has 0 aromatic carbocycles. The van der Waals surface area contributed by atoms with Gasteiger partial charge in [0, 0.05) is 5.41 Å². The number of carbonyl (C=O) groups is 1. The van der Waals surface area contributed by atoms with Crippen molar-refractivity contribution in [3.05, 3.63) is 11.7 Å². The number of aromatic nitrogens is 2. The SMILES string of the molecule is CC1(c2noc(C(=O)[O-])n2)CC1.[K+]. The Labute approximate surface area is 117 Å². The van der Waals surface area contributed by atoms with Gasteiger partial charge in [-0.1, -0.05) is 12.1 Å². The van der Waals surface area contributed by atoms with Crippen LogP contribution >= 0.6 is 0 Å². The van der Waals surface area contributed by atoms with E-state index in [4.69, 9.17) is 0 Å². The Hall–Kier alpha value is 0.246. The van der Waals surface area contributed by atoms with Crippen molar-refractivity contribution < 1.29 is 65.8 Å². The fraction of sp³-hybridized carbons (Fsp3) is 0.571. The van der Waals surface area contributed by atoms with Gasteiger partial charge in [-0.3, -0.25) is 0 Å². The molecule has 1 aliphatic rings. The average Bonchev–Trinajstić information content (AvgIpc) is 2.61. The van der Waals surface area contributed by atoms with Gasteiger partial charge in [0.15, 0.2) is 5.82 Å². The molecule has 1 heterocycles. The van der Waals surface area contributed by atoms with E-state index >= 15 is 0 Å². The van der Waals surface area contributed by atoms with Gasteiger partial charge < -0.3 is 14.4 Å². The van der Waals surface area contributed by atoms with Crippen molar-refractivity contribution in [3.8, 4) is 0 Å². The van der Waals surface area contributed by atoms with Gasteiger partial charge in [-0.25, -0.2) is 0 Å². The molecule has 0 saturated heterocycles.